The third-order valence-electron chi connectivity index (χ3n) is 4.11. The molecule has 0 spiro atoms. The number of hydrogen-bond donors (Lipinski definition) is 1. The molecule has 0 radical (unpaired) electrons. The molecule has 0 unspecified atom stereocenters. The zero-order valence-electron chi connectivity index (χ0n) is 15.0. The smallest absolute Gasteiger partial charge is 0.234 e. The van der Waals surface area contributed by atoms with E-state index in [1.165, 1.54) is 18.7 Å². The molecule has 8 heteroatoms. The van der Waals surface area contributed by atoms with Crippen LogP contribution in [0.15, 0.2) is 17.3 Å². The predicted octanol–water partition coefficient (Wildman–Crippen LogP) is 3.06. The number of thioether (sulfide) groups is 1. The second-order valence-corrected chi connectivity index (χ2v) is 6.89. The first kappa shape index (κ1) is 18.2. The zero-order valence-corrected chi connectivity index (χ0v) is 15.8. The molecule has 0 fully saturated rings. The third-order valence-corrected chi connectivity index (χ3v) is 4.96. The molecule has 1 aliphatic heterocycles. The van der Waals surface area contributed by atoms with Gasteiger partial charge in [-0.2, -0.15) is 0 Å². The predicted molar refractivity (Wildman–Crippen MR) is 98.2 cm³/mol. The summed E-state index contributed by atoms with van der Waals surface area (Å²) in [5.41, 5.74) is 3.63. The Morgan fingerprint density at radius 1 is 1.12 bits per heavy atom. The van der Waals surface area contributed by atoms with Crippen molar-refractivity contribution in [2.45, 2.75) is 32.9 Å². The Balaban J connectivity index is 1.71. The quantitative estimate of drug-likeness (QED) is 0.489. The van der Waals surface area contributed by atoms with Gasteiger partial charge in [0.1, 0.15) is 0 Å². The summed E-state index contributed by atoms with van der Waals surface area (Å²) in [6.45, 7) is 7.34. The average Bonchev–Trinajstić information content (AvgIpc) is 3.04. The van der Waals surface area contributed by atoms with Crippen molar-refractivity contribution in [3.05, 3.63) is 34.6 Å². The summed E-state index contributed by atoms with van der Waals surface area (Å²) < 4.78 is 10.6. The molecule has 0 saturated carbocycles. The number of aryl methyl sites for hydroxylation is 2. The number of hydrogen-bond acceptors (Lipinski definition) is 7. The van der Waals surface area contributed by atoms with Gasteiger partial charge in [-0.15, -0.1) is 0 Å². The van der Waals surface area contributed by atoms with Gasteiger partial charge in [0.2, 0.25) is 12.7 Å². The normalized spacial score (nSPS) is 12.2. The molecule has 1 aliphatic rings. The molecular formula is C18H19N3O4S. The minimum Gasteiger partial charge on any atom is -0.454 e. The largest absolute Gasteiger partial charge is 0.454 e. The number of carbonyl (C=O) groups excluding carboxylic acids is 2. The van der Waals surface area contributed by atoms with E-state index in [2.05, 4.69) is 15.3 Å². The molecule has 0 aliphatic carbocycles. The lowest BCUT2D eigenvalue weighted by Gasteiger charge is -2.11. The number of carbonyl (C=O) groups is 2. The summed E-state index contributed by atoms with van der Waals surface area (Å²) in [4.78, 5) is 33.0. The molecule has 136 valence electrons. The van der Waals surface area contributed by atoms with E-state index in [1.807, 2.05) is 20.8 Å². The zero-order chi connectivity index (χ0) is 18.8. The summed E-state index contributed by atoms with van der Waals surface area (Å²) in [6.07, 6.45) is 0. The molecule has 0 saturated heterocycles. The van der Waals surface area contributed by atoms with Crippen LogP contribution in [-0.4, -0.2) is 34.2 Å². The first-order chi connectivity index (χ1) is 12.3. The van der Waals surface area contributed by atoms with Crippen molar-refractivity contribution in [3.8, 4) is 11.5 Å². The second-order valence-electron chi connectivity index (χ2n) is 5.95. The van der Waals surface area contributed by atoms with Crippen LogP contribution in [0.1, 0.15) is 34.2 Å². The van der Waals surface area contributed by atoms with Gasteiger partial charge in [-0.1, -0.05) is 11.8 Å². The van der Waals surface area contributed by atoms with Crippen LogP contribution in [0, 0.1) is 20.8 Å². The topological polar surface area (TPSA) is 90.4 Å². The van der Waals surface area contributed by atoms with Crippen molar-refractivity contribution in [2.75, 3.05) is 17.9 Å². The number of Topliss-reactive ketones (excluding diaryl/α,β-unsaturated/α-hetero) is 1. The fourth-order valence-corrected chi connectivity index (χ4v) is 3.19. The van der Waals surface area contributed by atoms with E-state index < -0.39 is 0 Å². The maximum atomic E-state index is 12.3. The molecule has 2 heterocycles. The Morgan fingerprint density at radius 3 is 2.35 bits per heavy atom. The van der Waals surface area contributed by atoms with E-state index in [9.17, 15) is 9.59 Å². The van der Waals surface area contributed by atoms with E-state index in [4.69, 9.17) is 9.47 Å². The van der Waals surface area contributed by atoms with Gasteiger partial charge in [0.25, 0.3) is 0 Å². The number of fused-ring (bicyclic) bond motifs is 1. The number of ketones is 1. The molecule has 7 nitrogen and oxygen atoms in total. The lowest BCUT2D eigenvalue weighted by molar-refractivity contribution is -0.113. The number of rotatable bonds is 5. The van der Waals surface area contributed by atoms with Gasteiger partial charge in [0, 0.05) is 23.0 Å². The van der Waals surface area contributed by atoms with Crippen molar-refractivity contribution in [3.63, 3.8) is 0 Å². The number of aromatic nitrogens is 2. The number of nitrogens with zero attached hydrogens (tertiary/aromatic N) is 2. The number of amides is 1. The Kier molecular flexibility index (Phi) is 5.13. The van der Waals surface area contributed by atoms with Crippen molar-refractivity contribution in [1.29, 1.82) is 0 Å². The van der Waals surface area contributed by atoms with Crippen LogP contribution in [0.4, 0.5) is 5.69 Å². The van der Waals surface area contributed by atoms with Gasteiger partial charge in [0.05, 0.1) is 11.4 Å². The fraction of sp³-hybridized carbons (Fsp3) is 0.333. The highest BCUT2D eigenvalue weighted by Gasteiger charge is 2.20. The van der Waals surface area contributed by atoms with Crippen LogP contribution < -0.4 is 14.8 Å². The van der Waals surface area contributed by atoms with Gasteiger partial charge in [-0.05, 0) is 39.3 Å². The van der Waals surface area contributed by atoms with Gasteiger partial charge < -0.3 is 14.8 Å². The summed E-state index contributed by atoms with van der Waals surface area (Å²) in [5, 5.41) is 3.31. The van der Waals surface area contributed by atoms with Gasteiger partial charge in [0.15, 0.2) is 22.4 Å². The van der Waals surface area contributed by atoms with E-state index in [1.54, 1.807) is 12.1 Å². The first-order valence-electron chi connectivity index (χ1n) is 8.04. The molecule has 0 bridgehead atoms. The van der Waals surface area contributed by atoms with Crippen molar-refractivity contribution in [2.24, 2.45) is 0 Å². The Bertz CT molecular complexity index is 875. The molecule has 3 rings (SSSR count). The Hall–Kier alpha value is -2.61. The van der Waals surface area contributed by atoms with Crippen molar-refractivity contribution >= 4 is 29.1 Å². The van der Waals surface area contributed by atoms with Crippen molar-refractivity contribution in [1.82, 2.24) is 9.97 Å². The molecule has 1 aromatic heterocycles. The maximum absolute atomic E-state index is 12.3. The average molecular weight is 373 g/mol. The highest BCUT2D eigenvalue weighted by Crippen LogP contribution is 2.37. The summed E-state index contributed by atoms with van der Waals surface area (Å²) >= 11 is 1.25. The first-order valence-corrected chi connectivity index (χ1v) is 9.02. The third kappa shape index (κ3) is 3.80. The fourth-order valence-electron chi connectivity index (χ4n) is 2.46. The number of nitrogens with one attached hydrogen (secondary N) is 1. The van der Waals surface area contributed by atoms with Crippen LogP contribution >= 0.6 is 11.8 Å². The SMILES string of the molecule is CC(=O)c1cc2c(cc1NC(=O)CSc1nc(C)c(C)c(C)n1)OCO2. The van der Waals surface area contributed by atoms with Gasteiger partial charge in [-0.25, -0.2) is 9.97 Å². The van der Waals surface area contributed by atoms with Crippen LogP contribution in [0.3, 0.4) is 0 Å². The van der Waals surface area contributed by atoms with Crippen molar-refractivity contribution < 1.29 is 19.1 Å². The second kappa shape index (κ2) is 7.33. The van der Waals surface area contributed by atoms with E-state index in [0.717, 1.165) is 17.0 Å². The lowest BCUT2D eigenvalue weighted by atomic mass is 10.1. The Morgan fingerprint density at radius 2 is 1.73 bits per heavy atom. The highest BCUT2D eigenvalue weighted by molar-refractivity contribution is 7.99. The lowest BCUT2D eigenvalue weighted by Crippen LogP contribution is -2.16. The Labute approximate surface area is 155 Å². The minimum atomic E-state index is -0.254. The molecule has 1 amide bonds. The van der Waals surface area contributed by atoms with E-state index >= 15 is 0 Å². The molecule has 2 aromatic rings. The van der Waals surface area contributed by atoms with Crippen LogP contribution in [-0.2, 0) is 4.79 Å². The van der Waals surface area contributed by atoms with Crippen LogP contribution in [0.25, 0.3) is 0 Å². The number of ether oxygens (including phenoxy) is 2. The maximum Gasteiger partial charge on any atom is 0.234 e. The molecule has 26 heavy (non-hydrogen) atoms. The number of anilines is 1. The summed E-state index contributed by atoms with van der Waals surface area (Å²) in [5.74, 6) is 0.719. The molecule has 1 N–H and O–H groups in total. The summed E-state index contributed by atoms with van der Waals surface area (Å²) in [7, 11) is 0. The standard InChI is InChI=1S/C18H19N3O4S/c1-9-10(2)19-18(20-11(9)3)26-7-17(23)21-14-6-16-15(24-8-25-16)5-13(14)12(4)22/h5-6H,7-8H2,1-4H3,(H,21,23). The molecular weight excluding hydrogens is 354 g/mol. The molecule has 0 atom stereocenters. The highest BCUT2D eigenvalue weighted by atomic mass is 32.2. The van der Waals surface area contributed by atoms with Crippen LogP contribution in [0.2, 0.25) is 0 Å². The number of benzene rings is 1. The van der Waals surface area contributed by atoms with Gasteiger partial charge >= 0.3 is 0 Å². The minimum absolute atomic E-state index is 0.101. The molecule has 1 aromatic carbocycles. The van der Waals surface area contributed by atoms with Crippen LogP contribution in [0.5, 0.6) is 11.5 Å². The van der Waals surface area contributed by atoms with E-state index in [-0.39, 0.29) is 24.2 Å². The monoisotopic (exact) mass is 373 g/mol. The van der Waals surface area contributed by atoms with Gasteiger partial charge in [-0.3, -0.25) is 9.59 Å². The summed E-state index contributed by atoms with van der Waals surface area (Å²) in [6, 6.07) is 3.20. The van der Waals surface area contributed by atoms with E-state index in [0.29, 0.717) is 27.9 Å².